The molecule has 1 aromatic rings. The monoisotopic (exact) mass is 315 g/mol. The third kappa shape index (κ3) is 3.03. The van der Waals surface area contributed by atoms with Crippen LogP contribution < -0.4 is 4.90 Å². The number of rotatable bonds is 3. The molecule has 0 saturated carbocycles. The highest BCUT2D eigenvalue weighted by atomic mass is 35.5. The standard InChI is InChI=1S/C14H19Cl2N3O/c15-8-11-7-13(16)14(17-9-11)19-2-1-12(10-19)18-3-5-20-6-4-18/h7,9,12H,1-6,8,10H2. The second-order valence-corrected chi connectivity index (χ2v) is 5.99. The number of hydrogen-bond donors (Lipinski definition) is 0. The Morgan fingerprint density at radius 2 is 2.10 bits per heavy atom. The van der Waals surface area contributed by atoms with Gasteiger partial charge < -0.3 is 9.64 Å². The summed E-state index contributed by atoms with van der Waals surface area (Å²) < 4.78 is 5.41. The van der Waals surface area contributed by atoms with E-state index in [1.165, 1.54) is 0 Å². The van der Waals surface area contributed by atoms with Crippen LogP contribution in [0.1, 0.15) is 12.0 Å². The minimum absolute atomic E-state index is 0.448. The number of halogens is 2. The summed E-state index contributed by atoms with van der Waals surface area (Å²) in [6.07, 6.45) is 2.98. The van der Waals surface area contributed by atoms with Crippen LogP contribution in [0.25, 0.3) is 0 Å². The van der Waals surface area contributed by atoms with Gasteiger partial charge in [-0.3, -0.25) is 4.90 Å². The molecule has 1 unspecified atom stereocenters. The van der Waals surface area contributed by atoms with Gasteiger partial charge in [0.05, 0.1) is 18.2 Å². The molecule has 1 aromatic heterocycles. The molecule has 0 bridgehead atoms. The van der Waals surface area contributed by atoms with Gasteiger partial charge in [-0.05, 0) is 18.1 Å². The van der Waals surface area contributed by atoms with Gasteiger partial charge >= 0.3 is 0 Å². The van der Waals surface area contributed by atoms with Crippen molar-refractivity contribution in [3.05, 3.63) is 22.8 Å². The lowest BCUT2D eigenvalue weighted by molar-refractivity contribution is 0.0209. The van der Waals surface area contributed by atoms with E-state index in [2.05, 4.69) is 14.8 Å². The Labute approximate surface area is 129 Å². The average Bonchev–Trinajstić information content (AvgIpc) is 2.97. The maximum atomic E-state index is 6.33. The number of pyridine rings is 1. The quantitative estimate of drug-likeness (QED) is 0.801. The van der Waals surface area contributed by atoms with Gasteiger partial charge in [0.15, 0.2) is 0 Å². The number of morpholine rings is 1. The molecule has 0 aliphatic carbocycles. The fraction of sp³-hybridized carbons (Fsp3) is 0.643. The largest absolute Gasteiger partial charge is 0.379 e. The van der Waals surface area contributed by atoms with E-state index in [0.29, 0.717) is 16.9 Å². The molecule has 4 nitrogen and oxygen atoms in total. The summed E-state index contributed by atoms with van der Waals surface area (Å²) in [4.78, 5) is 9.27. The highest BCUT2D eigenvalue weighted by Gasteiger charge is 2.30. The van der Waals surface area contributed by atoms with Crippen molar-refractivity contribution in [1.82, 2.24) is 9.88 Å². The lowest BCUT2D eigenvalue weighted by atomic mass is 10.2. The van der Waals surface area contributed by atoms with Crippen LogP contribution in [0.4, 0.5) is 5.82 Å². The van der Waals surface area contributed by atoms with Crippen molar-refractivity contribution in [2.75, 3.05) is 44.3 Å². The predicted molar refractivity (Wildman–Crippen MR) is 81.8 cm³/mol. The van der Waals surface area contributed by atoms with Crippen molar-refractivity contribution >= 4 is 29.0 Å². The van der Waals surface area contributed by atoms with Crippen molar-refractivity contribution in [3.8, 4) is 0 Å². The van der Waals surface area contributed by atoms with Crippen LogP contribution in [0, 0.1) is 0 Å². The van der Waals surface area contributed by atoms with Gasteiger partial charge in [-0.1, -0.05) is 11.6 Å². The Morgan fingerprint density at radius 3 is 2.80 bits per heavy atom. The Morgan fingerprint density at radius 1 is 1.30 bits per heavy atom. The smallest absolute Gasteiger partial charge is 0.147 e. The minimum Gasteiger partial charge on any atom is -0.379 e. The maximum absolute atomic E-state index is 6.33. The van der Waals surface area contributed by atoms with Gasteiger partial charge in [0.1, 0.15) is 5.82 Å². The van der Waals surface area contributed by atoms with Crippen LogP contribution >= 0.6 is 23.2 Å². The van der Waals surface area contributed by atoms with Gasteiger partial charge in [0, 0.05) is 44.3 Å². The third-order valence-electron chi connectivity index (χ3n) is 4.06. The van der Waals surface area contributed by atoms with E-state index < -0.39 is 0 Å². The first-order valence-corrected chi connectivity index (χ1v) is 7.96. The number of hydrogen-bond acceptors (Lipinski definition) is 4. The summed E-state index contributed by atoms with van der Waals surface area (Å²) in [6.45, 7) is 5.76. The Hall–Kier alpha value is -0.550. The maximum Gasteiger partial charge on any atom is 0.147 e. The van der Waals surface area contributed by atoms with E-state index >= 15 is 0 Å². The summed E-state index contributed by atoms with van der Waals surface area (Å²) in [5.74, 6) is 1.33. The molecule has 110 valence electrons. The van der Waals surface area contributed by atoms with E-state index in [-0.39, 0.29) is 0 Å². The lowest BCUT2D eigenvalue weighted by Crippen LogP contribution is -2.44. The first kappa shape index (κ1) is 14.4. The fourth-order valence-corrected chi connectivity index (χ4v) is 3.41. The van der Waals surface area contributed by atoms with Crippen LogP contribution in [0.5, 0.6) is 0 Å². The van der Waals surface area contributed by atoms with Crippen LogP contribution in [0.15, 0.2) is 12.3 Å². The molecule has 6 heteroatoms. The number of alkyl halides is 1. The SMILES string of the molecule is ClCc1cnc(N2CCC(N3CCOCC3)C2)c(Cl)c1. The predicted octanol–water partition coefficient (Wildman–Crippen LogP) is 2.38. The van der Waals surface area contributed by atoms with Gasteiger partial charge in [-0.25, -0.2) is 4.98 Å². The third-order valence-corrected chi connectivity index (χ3v) is 4.64. The van der Waals surface area contributed by atoms with E-state index in [9.17, 15) is 0 Å². The van der Waals surface area contributed by atoms with Crippen molar-refractivity contribution in [3.63, 3.8) is 0 Å². The van der Waals surface area contributed by atoms with E-state index in [1.54, 1.807) is 0 Å². The molecular formula is C14H19Cl2N3O. The number of nitrogens with zero attached hydrogens (tertiary/aromatic N) is 3. The molecule has 2 aliphatic heterocycles. The Kier molecular flexibility index (Phi) is 4.66. The van der Waals surface area contributed by atoms with Crippen molar-refractivity contribution in [2.24, 2.45) is 0 Å². The highest BCUT2D eigenvalue weighted by Crippen LogP contribution is 2.29. The minimum atomic E-state index is 0.448. The number of ether oxygens (including phenoxy) is 1. The van der Waals surface area contributed by atoms with Crippen molar-refractivity contribution < 1.29 is 4.74 Å². The summed E-state index contributed by atoms with van der Waals surface area (Å²) in [5, 5.41) is 0.700. The highest BCUT2D eigenvalue weighted by molar-refractivity contribution is 6.33. The van der Waals surface area contributed by atoms with E-state index in [1.807, 2.05) is 12.3 Å². The lowest BCUT2D eigenvalue weighted by Gasteiger charge is -2.32. The number of anilines is 1. The molecular weight excluding hydrogens is 297 g/mol. The molecule has 1 atom stereocenters. The second kappa shape index (κ2) is 6.48. The average molecular weight is 316 g/mol. The Bertz CT molecular complexity index is 466. The first-order valence-electron chi connectivity index (χ1n) is 7.05. The van der Waals surface area contributed by atoms with Gasteiger partial charge in [-0.15, -0.1) is 11.6 Å². The van der Waals surface area contributed by atoms with Crippen LogP contribution in [0.3, 0.4) is 0 Å². The Balaban J connectivity index is 1.67. The zero-order valence-electron chi connectivity index (χ0n) is 11.4. The molecule has 3 rings (SSSR count). The molecule has 0 spiro atoms. The van der Waals surface area contributed by atoms with E-state index in [0.717, 1.165) is 57.2 Å². The van der Waals surface area contributed by atoms with Gasteiger partial charge in [0.25, 0.3) is 0 Å². The number of aromatic nitrogens is 1. The zero-order valence-corrected chi connectivity index (χ0v) is 12.9. The van der Waals surface area contributed by atoms with Crippen LogP contribution in [-0.2, 0) is 10.6 Å². The van der Waals surface area contributed by atoms with Crippen molar-refractivity contribution in [1.29, 1.82) is 0 Å². The van der Waals surface area contributed by atoms with Crippen molar-refractivity contribution in [2.45, 2.75) is 18.3 Å². The molecule has 2 fully saturated rings. The molecule has 0 N–H and O–H groups in total. The van der Waals surface area contributed by atoms with Gasteiger partial charge in [0.2, 0.25) is 0 Å². The summed E-state index contributed by atoms with van der Waals surface area (Å²) in [6, 6.07) is 2.50. The normalized spacial score (nSPS) is 24.3. The second-order valence-electron chi connectivity index (χ2n) is 5.32. The summed E-state index contributed by atoms with van der Waals surface area (Å²) in [5.41, 5.74) is 0.962. The van der Waals surface area contributed by atoms with Crippen LogP contribution in [0.2, 0.25) is 5.02 Å². The van der Waals surface area contributed by atoms with Crippen LogP contribution in [-0.4, -0.2) is 55.3 Å². The molecule has 20 heavy (non-hydrogen) atoms. The topological polar surface area (TPSA) is 28.6 Å². The first-order chi connectivity index (χ1) is 9.78. The molecule has 0 aromatic carbocycles. The summed E-state index contributed by atoms with van der Waals surface area (Å²) >= 11 is 12.1. The molecule has 0 radical (unpaired) electrons. The molecule has 2 aliphatic rings. The summed E-state index contributed by atoms with van der Waals surface area (Å²) in [7, 11) is 0. The fourth-order valence-electron chi connectivity index (χ4n) is 2.95. The zero-order chi connectivity index (χ0) is 13.9. The molecule has 0 amide bonds. The molecule has 3 heterocycles. The van der Waals surface area contributed by atoms with E-state index in [4.69, 9.17) is 27.9 Å². The molecule has 2 saturated heterocycles. The van der Waals surface area contributed by atoms with Gasteiger partial charge in [-0.2, -0.15) is 0 Å².